The smallest absolute Gasteiger partial charge is 0.0778 e. The Morgan fingerprint density at radius 1 is 1.39 bits per heavy atom. The lowest BCUT2D eigenvalue weighted by molar-refractivity contribution is -0.0409. The highest BCUT2D eigenvalue weighted by atomic mass is 16.5. The molecule has 1 aliphatic rings. The maximum absolute atomic E-state index is 5.87. The van der Waals surface area contributed by atoms with Crippen LogP contribution in [0.25, 0.3) is 0 Å². The monoisotopic (exact) mass is 257 g/mol. The van der Waals surface area contributed by atoms with E-state index < -0.39 is 0 Å². The Morgan fingerprint density at radius 3 is 2.72 bits per heavy atom. The average Bonchev–Trinajstić information content (AvgIpc) is 2.81. The predicted octanol–water partition coefficient (Wildman–Crippen LogP) is 3.13. The summed E-state index contributed by atoms with van der Waals surface area (Å²) in [5.74, 6) is 0. The summed E-state index contributed by atoms with van der Waals surface area (Å²) in [7, 11) is 0. The third-order valence-electron chi connectivity index (χ3n) is 3.85. The van der Waals surface area contributed by atoms with E-state index in [0.29, 0.717) is 12.1 Å². The van der Waals surface area contributed by atoms with Crippen molar-refractivity contribution in [2.45, 2.75) is 77.5 Å². The summed E-state index contributed by atoms with van der Waals surface area (Å²) in [5.41, 5.74) is -0.0821. The molecule has 2 atom stereocenters. The summed E-state index contributed by atoms with van der Waals surface area (Å²) in [6.07, 6.45) is 6.60. The quantitative estimate of drug-likeness (QED) is 0.688. The molecule has 0 aromatic carbocycles. The van der Waals surface area contributed by atoms with Crippen LogP contribution < -0.4 is 5.32 Å². The predicted molar refractivity (Wildman–Crippen MR) is 76.0 cm³/mol. The minimum atomic E-state index is -0.0821. The van der Waals surface area contributed by atoms with Crippen molar-refractivity contribution in [3.05, 3.63) is 0 Å². The lowest BCUT2D eigenvalue weighted by Crippen LogP contribution is -2.48. The molecule has 0 radical (unpaired) electrons. The summed E-state index contributed by atoms with van der Waals surface area (Å²) in [5, 5.41) is 3.57. The third-order valence-corrected chi connectivity index (χ3v) is 3.85. The van der Waals surface area contributed by atoms with Crippen molar-refractivity contribution >= 4 is 0 Å². The normalized spacial score (nSPS) is 22.3. The second-order valence-electron chi connectivity index (χ2n) is 5.71. The van der Waals surface area contributed by atoms with E-state index in [2.05, 4.69) is 33.0 Å². The zero-order valence-electron chi connectivity index (χ0n) is 12.6. The zero-order valence-corrected chi connectivity index (χ0v) is 12.6. The van der Waals surface area contributed by atoms with E-state index in [9.17, 15) is 0 Å². The van der Waals surface area contributed by atoms with E-state index in [1.54, 1.807) is 0 Å². The number of rotatable bonds is 9. The SMILES string of the molecule is CCNC(CCCC1CCCO1)C(C)(C)OCC. The van der Waals surface area contributed by atoms with Gasteiger partial charge in [0.05, 0.1) is 11.7 Å². The van der Waals surface area contributed by atoms with Gasteiger partial charge in [0.1, 0.15) is 0 Å². The van der Waals surface area contributed by atoms with E-state index in [1.807, 2.05) is 0 Å². The van der Waals surface area contributed by atoms with E-state index in [1.165, 1.54) is 32.1 Å². The van der Waals surface area contributed by atoms with Gasteiger partial charge in [-0.05, 0) is 59.4 Å². The number of nitrogens with one attached hydrogen (secondary N) is 1. The van der Waals surface area contributed by atoms with Crippen LogP contribution in [0.5, 0.6) is 0 Å². The Morgan fingerprint density at radius 2 is 2.17 bits per heavy atom. The molecule has 0 spiro atoms. The lowest BCUT2D eigenvalue weighted by atomic mass is 9.92. The van der Waals surface area contributed by atoms with Gasteiger partial charge in [-0.2, -0.15) is 0 Å². The molecule has 1 rings (SSSR count). The largest absolute Gasteiger partial charge is 0.378 e. The minimum absolute atomic E-state index is 0.0821. The first-order chi connectivity index (χ1) is 8.60. The molecule has 1 N–H and O–H groups in total. The van der Waals surface area contributed by atoms with E-state index in [4.69, 9.17) is 9.47 Å². The van der Waals surface area contributed by atoms with Gasteiger partial charge in [-0.3, -0.25) is 0 Å². The standard InChI is InChI=1S/C15H31NO2/c1-5-16-14(15(3,4)18-6-2)11-7-9-13-10-8-12-17-13/h13-14,16H,5-12H2,1-4H3. The first-order valence-electron chi connectivity index (χ1n) is 7.59. The highest BCUT2D eigenvalue weighted by molar-refractivity contribution is 4.85. The third kappa shape index (κ3) is 5.25. The van der Waals surface area contributed by atoms with Crippen LogP contribution in [0.1, 0.15) is 59.8 Å². The van der Waals surface area contributed by atoms with Gasteiger partial charge in [0, 0.05) is 19.3 Å². The number of ether oxygens (including phenoxy) is 2. The molecule has 0 saturated carbocycles. The molecule has 3 nitrogen and oxygen atoms in total. The summed E-state index contributed by atoms with van der Waals surface area (Å²) in [6.45, 7) is 11.4. The molecular weight excluding hydrogens is 226 g/mol. The Bertz CT molecular complexity index is 213. The van der Waals surface area contributed by atoms with Crippen molar-refractivity contribution in [1.82, 2.24) is 5.32 Å². The van der Waals surface area contributed by atoms with Crippen molar-refractivity contribution in [1.29, 1.82) is 0 Å². The van der Waals surface area contributed by atoms with Crippen LogP contribution in [0, 0.1) is 0 Å². The molecule has 1 saturated heterocycles. The van der Waals surface area contributed by atoms with Gasteiger partial charge in [0.2, 0.25) is 0 Å². The maximum atomic E-state index is 5.87. The fourth-order valence-electron chi connectivity index (χ4n) is 2.84. The Hall–Kier alpha value is -0.120. The van der Waals surface area contributed by atoms with Gasteiger partial charge >= 0.3 is 0 Å². The van der Waals surface area contributed by atoms with Crippen LogP contribution in [0.15, 0.2) is 0 Å². The number of hydrogen-bond donors (Lipinski definition) is 1. The van der Waals surface area contributed by atoms with Crippen LogP contribution in [0.3, 0.4) is 0 Å². The summed E-state index contributed by atoms with van der Waals surface area (Å²) in [6, 6.07) is 0.434. The molecule has 0 aliphatic carbocycles. The number of likely N-dealkylation sites (N-methyl/N-ethyl adjacent to an activating group) is 1. The van der Waals surface area contributed by atoms with Gasteiger partial charge in [-0.15, -0.1) is 0 Å². The highest BCUT2D eigenvalue weighted by Gasteiger charge is 2.29. The highest BCUT2D eigenvalue weighted by Crippen LogP contribution is 2.23. The Balaban J connectivity index is 2.31. The molecule has 0 bridgehead atoms. The van der Waals surface area contributed by atoms with Crippen LogP contribution in [0.2, 0.25) is 0 Å². The Labute approximate surface area is 113 Å². The van der Waals surface area contributed by atoms with Gasteiger partial charge in [-0.1, -0.05) is 6.92 Å². The molecule has 1 heterocycles. The molecule has 1 fully saturated rings. The van der Waals surface area contributed by atoms with Gasteiger partial charge in [0.15, 0.2) is 0 Å². The number of hydrogen-bond acceptors (Lipinski definition) is 3. The van der Waals surface area contributed by atoms with Crippen molar-refractivity contribution in [3.63, 3.8) is 0 Å². The second-order valence-corrected chi connectivity index (χ2v) is 5.71. The van der Waals surface area contributed by atoms with E-state index in [0.717, 1.165) is 19.8 Å². The van der Waals surface area contributed by atoms with Gasteiger partial charge in [-0.25, -0.2) is 0 Å². The first-order valence-corrected chi connectivity index (χ1v) is 7.59. The second kappa shape index (κ2) is 8.13. The summed E-state index contributed by atoms with van der Waals surface area (Å²) < 4.78 is 11.5. The van der Waals surface area contributed by atoms with Crippen LogP contribution in [-0.4, -0.2) is 37.5 Å². The van der Waals surface area contributed by atoms with Gasteiger partial charge in [0.25, 0.3) is 0 Å². The molecule has 0 aromatic heterocycles. The van der Waals surface area contributed by atoms with Crippen molar-refractivity contribution in [2.75, 3.05) is 19.8 Å². The average molecular weight is 257 g/mol. The molecule has 108 valence electrons. The van der Waals surface area contributed by atoms with Crippen molar-refractivity contribution in [2.24, 2.45) is 0 Å². The topological polar surface area (TPSA) is 30.5 Å². The summed E-state index contributed by atoms with van der Waals surface area (Å²) >= 11 is 0. The molecule has 0 aromatic rings. The maximum Gasteiger partial charge on any atom is 0.0778 e. The van der Waals surface area contributed by atoms with Gasteiger partial charge < -0.3 is 14.8 Å². The molecule has 18 heavy (non-hydrogen) atoms. The van der Waals surface area contributed by atoms with E-state index in [-0.39, 0.29) is 5.60 Å². The lowest BCUT2D eigenvalue weighted by Gasteiger charge is -2.35. The summed E-state index contributed by atoms with van der Waals surface area (Å²) in [4.78, 5) is 0. The first kappa shape index (κ1) is 15.9. The molecule has 0 amide bonds. The zero-order chi connectivity index (χ0) is 13.4. The minimum Gasteiger partial charge on any atom is -0.378 e. The van der Waals surface area contributed by atoms with Crippen LogP contribution in [0.4, 0.5) is 0 Å². The fourth-order valence-corrected chi connectivity index (χ4v) is 2.84. The van der Waals surface area contributed by atoms with Crippen molar-refractivity contribution < 1.29 is 9.47 Å². The van der Waals surface area contributed by atoms with Crippen LogP contribution in [-0.2, 0) is 9.47 Å². The van der Waals surface area contributed by atoms with Crippen LogP contribution >= 0.6 is 0 Å². The molecular formula is C15H31NO2. The Kier molecular flexibility index (Phi) is 7.20. The molecule has 3 heteroatoms. The van der Waals surface area contributed by atoms with Crippen molar-refractivity contribution in [3.8, 4) is 0 Å². The van der Waals surface area contributed by atoms with E-state index >= 15 is 0 Å². The molecule has 2 unspecified atom stereocenters. The molecule has 1 aliphatic heterocycles. The fraction of sp³-hybridized carbons (Fsp3) is 1.00.